The molecule has 88 valence electrons. The topological polar surface area (TPSA) is 38.9 Å². The van der Waals surface area contributed by atoms with Gasteiger partial charge in [0.25, 0.3) is 0 Å². The van der Waals surface area contributed by atoms with Crippen molar-refractivity contribution in [3.8, 4) is 0 Å². The second kappa shape index (κ2) is 3.93. The Morgan fingerprint density at radius 3 is 2.53 bits per heavy atom. The number of nitrogens with zero attached hydrogens (tertiary/aromatic N) is 1. The summed E-state index contributed by atoms with van der Waals surface area (Å²) in [5, 5.41) is 3.33. The van der Waals surface area contributed by atoms with Crippen molar-refractivity contribution in [1.29, 1.82) is 0 Å². The highest BCUT2D eigenvalue weighted by Gasteiger charge is 2.48. The van der Waals surface area contributed by atoms with Crippen LogP contribution in [0.2, 0.25) is 0 Å². The minimum absolute atomic E-state index is 0.0339. The van der Waals surface area contributed by atoms with E-state index >= 15 is 0 Å². The van der Waals surface area contributed by atoms with Crippen LogP contribution in [0.4, 0.5) is 0 Å². The predicted octanol–water partition coefficient (Wildman–Crippen LogP) is 3.24. The van der Waals surface area contributed by atoms with Gasteiger partial charge in [-0.15, -0.1) is 11.3 Å². The van der Waals surface area contributed by atoms with Crippen molar-refractivity contribution in [3.63, 3.8) is 0 Å². The Morgan fingerprint density at radius 2 is 2.00 bits per heavy atom. The van der Waals surface area contributed by atoms with E-state index in [1.54, 1.807) is 11.3 Å². The van der Waals surface area contributed by atoms with Crippen LogP contribution in [0.1, 0.15) is 42.1 Å². The molecule has 0 spiro atoms. The van der Waals surface area contributed by atoms with Crippen molar-refractivity contribution in [1.82, 2.24) is 4.98 Å². The Labute approximate surface area is 106 Å². The van der Waals surface area contributed by atoms with Crippen molar-refractivity contribution in [2.75, 3.05) is 0 Å². The SMILES string of the molecule is CC(N)c1csc(C2(c3ccccc3)CC2)n1. The summed E-state index contributed by atoms with van der Waals surface area (Å²) in [6.45, 7) is 1.99. The van der Waals surface area contributed by atoms with E-state index < -0.39 is 0 Å². The summed E-state index contributed by atoms with van der Waals surface area (Å²) in [4.78, 5) is 4.71. The van der Waals surface area contributed by atoms with Gasteiger partial charge in [0.1, 0.15) is 5.01 Å². The third-order valence-corrected chi connectivity index (χ3v) is 4.54. The molecule has 1 aromatic heterocycles. The summed E-state index contributed by atoms with van der Waals surface area (Å²) in [7, 11) is 0. The predicted molar refractivity (Wildman–Crippen MR) is 71.2 cm³/mol. The summed E-state index contributed by atoms with van der Waals surface area (Å²) in [6.07, 6.45) is 2.42. The second-order valence-corrected chi connectivity index (χ2v) is 5.67. The maximum absolute atomic E-state index is 5.87. The number of hydrogen-bond donors (Lipinski definition) is 1. The fourth-order valence-corrected chi connectivity index (χ4v) is 3.43. The van der Waals surface area contributed by atoms with Crippen molar-refractivity contribution in [2.24, 2.45) is 5.73 Å². The first-order valence-electron chi connectivity index (χ1n) is 5.99. The molecule has 1 fully saturated rings. The van der Waals surface area contributed by atoms with E-state index in [0.717, 1.165) is 5.69 Å². The minimum Gasteiger partial charge on any atom is -0.323 e. The molecule has 1 aliphatic carbocycles. The smallest absolute Gasteiger partial charge is 0.103 e. The molecule has 0 amide bonds. The van der Waals surface area contributed by atoms with Crippen LogP contribution in [-0.4, -0.2) is 4.98 Å². The van der Waals surface area contributed by atoms with Crippen LogP contribution < -0.4 is 5.73 Å². The maximum atomic E-state index is 5.87. The summed E-state index contributed by atoms with van der Waals surface area (Å²) < 4.78 is 0. The Kier molecular flexibility index (Phi) is 2.53. The van der Waals surface area contributed by atoms with Crippen LogP contribution in [0.25, 0.3) is 0 Å². The third-order valence-electron chi connectivity index (χ3n) is 3.47. The van der Waals surface area contributed by atoms with Gasteiger partial charge >= 0.3 is 0 Å². The van der Waals surface area contributed by atoms with Crippen molar-refractivity contribution < 1.29 is 0 Å². The first-order chi connectivity index (χ1) is 8.22. The highest BCUT2D eigenvalue weighted by atomic mass is 32.1. The molecular formula is C14H16N2S. The molecule has 1 aliphatic rings. The fraction of sp³-hybridized carbons (Fsp3) is 0.357. The third kappa shape index (κ3) is 1.79. The lowest BCUT2D eigenvalue weighted by molar-refractivity contribution is 0.759. The summed E-state index contributed by atoms with van der Waals surface area (Å²) >= 11 is 1.75. The number of rotatable bonds is 3. The van der Waals surface area contributed by atoms with Gasteiger partial charge in [0.15, 0.2) is 0 Å². The molecule has 2 N–H and O–H groups in total. The van der Waals surface area contributed by atoms with E-state index in [0.29, 0.717) is 0 Å². The van der Waals surface area contributed by atoms with Gasteiger partial charge in [-0.2, -0.15) is 0 Å². The quantitative estimate of drug-likeness (QED) is 0.900. The standard InChI is InChI=1S/C14H16N2S/c1-10(15)12-9-17-13(16-12)14(7-8-14)11-5-3-2-4-6-11/h2-6,9-10H,7-8,15H2,1H3. The van der Waals surface area contributed by atoms with Crippen LogP contribution in [0, 0.1) is 0 Å². The molecule has 0 bridgehead atoms. The number of benzene rings is 1. The molecule has 17 heavy (non-hydrogen) atoms. The van der Waals surface area contributed by atoms with E-state index in [2.05, 4.69) is 35.7 Å². The molecule has 0 saturated heterocycles. The molecule has 2 nitrogen and oxygen atoms in total. The zero-order valence-electron chi connectivity index (χ0n) is 9.89. The number of hydrogen-bond acceptors (Lipinski definition) is 3. The maximum Gasteiger partial charge on any atom is 0.103 e. The van der Waals surface area contributed by atoms with E-state index in [4.69, 9.17) is 10.7 Å². The van der Waals surface area contributed by atoms with E-state index in [1.165, 1.54) is 23.4 Å². The highest BCUT2D eigenvalue weighted by molar-refractivity contribution is 7.09. The van der Waals surface area contributed by atoms with Crippen molar-refractivity contribution in [3.05, 3.63) is 52.0 Å². The largest absolute Gasteiger partial charge is 0.323 e. The van der Waals surface area contributed by atoms with Crippen LogP contribution in [0.5, 0.6) is 0 Å². The lowest BCUT2D eigenvalue weighted by atomic mass is 9.97. The van der Waals surface area contributed by atoms with Crippen LogP contribution in [0.15, 0.2) is 35.7 Å². The monoisotopic (exact) mass is 244 g/mol. The molecular weight excluding hydrogens is 228 g/mol. The number of nitrogens with two attached hydrogens (primary N) is 1. The Morgan fingerprint density at radius 1 is 1.29 bits per heavy atom. The van der Waals surface area contributed by atoms with Gasteiger partial charge in [0.05, 0.1) is 5.69 Å². The van der Waals surface area contributed by atoms with Crippen LogP contribution in [-0.2, 0) is 5.41 Å². The first-order valence-corrected chi connectivity index (χ1v) is 6.87. The molecule has 2 aromatic rings. The normalized spacial score (nSPS) is 18.9. The van der Waals surface area contributed by atoms with Crippen molar-refractivity contribution in [2.45, 2.75) is 31.2 Å². The van der Waals surface area contributed by atoms with Gasteiger partial charge < -0.3 is 5.73 Å². The van der Waals surface area contributed by atoms with Gasteiger partial charge in [0, 0.05) is 16.8 Å². The van der Waals surface area contributed by atoms with Gasteiger partial charge in [0.2, 0.25) is 0 Å². The number of thiazole rings is 1. The van der Waals surface area contributed by atoms with Gasteiger partial charge in [-0.1, -0.05) is 30.3 Å². The number of aromatic nitrogens is 1. The molecule has 3 heteroatoms. The van der Waals surface area contributed by atoms with Gasteiger partial charge in [-0.25, -0.2) is 4.98 Å². The average molecular weight is 244 g/mol. The summed E-state index contributed by atoms with van der Waals surface area (Å²) in [5.74, 6) is 0. The Balaban J connectivity index is 1.98. The minimum atomic E-state index is 0.0339. The average Bonchev–Trinajstić information content (AvgIpc) is 3.00. The molecule has 1 heterocycles. The second-order valence-electron chi connectivity index (χ2n) is 4.81. The lowest BCUT2D eigenvalue weighted by Gasteiger charge is -2.12. The molecule has 0 aliphatic heterocycles. The van der Waals surface area contributed by atoms with E-state index in [1.807, 2.05) is 6.92 Å². The fourth-order valence-electron chi connectivity index (χ4n) is 2.22. The van der Waals surface area contributed by atoms with Crippen LogP contribution >= 0.6 is 11.3 Å². The Bertz CT molecular complexity index is 512. The van der Waals surface area contributed by atoms with E-state index in [-0.39, 0.29) is 11.5 Å². The van der Waals surface area contributed by atoms with Gasteiger partial charge in [-0.05, 0) is 25.3 Å². The van der Waals surface area contributed by atoms with Gasteiger partial charge in [-0.3, -0.25) is 0 Å². The van der Waals surface area contributed by atoms with E-state index in [9.17, 15) is 0 Å². The Hall–Kier alpha value is -1.19. The summed E-state index contributed by atoms with van der Waals surface area (Å²) in [5.41, 5.74) is 8.48. The molecule has 0 radical (unpaired) electrons. The first kappa shape index (κ1) is 10.9. The molecule has 1 aromatic carbocycles. The van der Waals surface area contributed by atoms with Crippen LogP contribution in [0.3, 0.4) is 0 Å². The molecule has 1 unspecified atom stereocenters. The zero-order valence-corrected chi connectivity index (χ0v) is 10.7. The zero-order chi connectivity index (χ0) is 11.9. The lowest BCUT2D eigenvalue weighted by Crippen LogP contribution is -2.10. The summed E-state index contributed by atoms with van der Waals surface area (Å²) in [6, 6.07) is 10.7. The molecule has 3 rings (SSSR count). The molecule has 1 saturated carbocycles. The highest BCUT2D eigenvalue weighted by Crippen LogP contribution is 2.54. The molecule has 1 atom stereocenters. The van der Waals surface area contributed by atoms with Crippen molar-refractivity contribution >= 4 is 11.3 Å².